The maximum absolute atomic E-state index is 11.6. The fraction of sp³-hybridized carbons (Fsp3) is 0.467. The Hall–Kier alpha value is -1.88. The number of benzene rings is 1. The number of carboxylic acid groups (broad SMARTS) is 1. The second kappa shape index (κ2) is 7.65. The molecule has 0 saturated carbocycles. The lowest BCUT2D eigenvalue weighted by Gasteiger charge is -2.25. The minimum absolute atomic E-state index is 0.160. The van der Waals surface area contributed by atoms with Crippen molar-refractivity contribution in [3.63, 3.8) is 0 Å². The van der Waals surface area contributed by atoms with Crippen LogP contribution in [0.1, 0.15) is 36.7 Å². The summed E-state index contributed by atoms with van der Waals surface area (Å²) in [4.78, 5) is 24.5. The summed E-state index contributed by atoms with van der Waals surface area (Å²) in [6.45, 7) is 6.81. The molecule has 0 amide bonds. The van der Waals surface area contributed by atoms with E-state index in [1.54, 1.807) is 25.1 Å². The third-order valence-electron chi connectivity index (χ3n) is 2.93. The van der Waals surface area contributed by atoms with Crippen molar-refractivity contribution in [1.82, 2.24) is 4.90 Å². The fourth-order valence-electron chi connectivity index (χ4n) is 1.83. The predicted molar refractivity (Wildman–Crippen MR) is 75.6 cm³/mol. The van der Waals surface area contributed by atoms with Crippen LogP contribution in [0.5, 0.6) is 0 Å². The van der Waals surface area contributed by atoms with E-state index in [1.807, 2.05) is 24.8 Å². The molecule has 20 heavy (non-hydrogen) atoms. The molecule has 1 aromatic carbocycles. The van der Waals surface area contributed by atoms with E-state index in [-0.39, 0.29) is 24.1 Å². The zero-order valence-corrected chi connectivity index (χ0v) is 12.1. The van der Waals surface area contributed by atoms with E-state index in [4.69, 9.17) is 9.84 Å². The van der Waals surface area contributed by atoms with E-state index in [9.17, 15) is 9.59 Å². The summed E-state index contributed by atoms with van der Waals surface area (Å²) >= 11 is 0. The van der Waals surface area contributed by atoms with Gasteiger partial charge >= 0.3 is 11.9 Å². The fourth-order valence-corrected chi connectivity index (χ4v) is 1.83. The molecule has 0 bridgehead atoms. The normalized spacial score (nSPS) is 10.8. The number of carbonyl (C=O) groups excluding carboxylic acids is 1. The van der Waals surface area contributed by atoms with Crippen LogP contribution in [0.4, 0.5) is 0 Å². The summed E-state index contributed by atoms with van der Waals surface area (Å²) < 4.78 is 4.95. The van der Waals surface area contributed by atoms with Crippen molar-refractivity contribution < 1.29 is 19.4 Å². The standard InChI is InChI=1S/C15H21NO4/c1-4-20-14(17)10-16(11(2)3)9-12-6-5-7-13(8-12)15(18)19/h5-8,11H,4,9-10H2,1-3H3,(H,18,19). The molecule has 1 rings (SSSR count). The van der Waals surface area contributed by atoms with Crippen LogP contribution < -0.4 is 0 Å². The van der Waals surface area contributed by atoms with Gasteiger partial charge in [0, 0.05) is 12.6 Å². The molecule has 110 valence electrons. The molecule has 1 aromatic rings. The molecule has 0 unspecified atom stereocenters. The zero-order valence-electron chi connectivity index (χ0n) is 12.1. The first kappa shape index (κ1) is 16.2. The molecule has 0 spiro atoms. The van der Waals surface area contributed by atoms with Crippen LogP contribution in [0, 0.1) is 0 Å². The maximum atomic E-state index is 11.6. The lowest BCUT2D eigenvalue weighted by Crippen LogP contribution is -2.36. The number of hydrogen-bond donors (Lipinski definition) is 1. The molecule has 0 aliphatic rings. The predicted octanol–water partition coefficient (Wildman–Crippen LogP) is 2.16. The zero-order chi connectivity index (χ0) is 15.1. The van der Waals surface area contributed by atoms with Crippen molar-refractivity contribution >= 4 is 11.9 Å². The highest BCUT2D eigenvalue weighted by molar-refractivity contribution is 5.87. The molecule has 0 aromatic heterocycles. The van der Waals surface area contributed by atoms with E-state index < -0.39 is 5.97 Å². The Morgan fingerprint density at radius 2 is 2.05 bits per heavy atom. The number of hydrogen-bond acceptors (Lipinski definition) is 4. The summed E-state index contributed by atoms with van der Waals surface area (Å²) in [5.41, 5.74) is 1.12. The van der Waals surface area contributed by atoms with Crippen molar-refractivity contribution in [1.29, 1.82) is 0 Å². The van der Waals surface area contributed by atoms with Crippen LogP contribution in [0.15, 0.2) is 24.3 Å². The highest BCUT2D eigenvalue weighted by Gasteiger charge is 2.15. The van der Waals surface area contributed by atoms with Gasteiger partial charge in [0.15, 0.2) is 0 Å². The Kier molecular flexibility index (Phi) is 6.18. The third kappa shape index (κ3) is 5.01. The number of carbonyl (C=O) groups is 2. The number of rotatable bonds is 7. The molecular weight excluding hydrogens is 258 g/mol. The van der Waals surface area contributed by atoms with E-state index in [2.05, 4.69) is 0 Å². The van der Waals surface area contributed by atoms with Crippen LogP contribution in [0.2, 0.25) is 0 Å². The summed E-state index contributed by atoms with van der Waals surface area (Å²) in [7, 11) is 0. The Morgan fingerprint density at radius 3 is 2.60 bits per heavy atom. The first-order valence-corrected chi connectivity index (χ1v) is 6.66. The molecule has 0 aliphatic carbocycles. The molecule has 5 heteroatoms. The van der Waals surface area contributed by atoms with E-state index in [0.29, 0.717) is 13.2 Å². The first-order chi connectivity index (χ1) is 9.43. The van der Waals surface area contributed by atoms with Crippen LogP contribution in [-0.2, 0) is 16.1 Å². The molecule has 0 saturated heterocycles. The van der Waals surface area contributed by atoms with Gasteiger partial charge < -0.3 is 9.84 Å². The summed E-state index contributed by atoms with van der Waals surface area (Å²) in [5.74, 6) is -1.22. The molecule has 0 aliphatic heterocycles. The van der Waals surface area contributed by atoms with Crippen molar-refractivity contribution in [3.05, 3.63) is 35.4 Å². The Labute approximate surface area is 119 Å². The van der Waals surface area contributed by atoms with Crippen LogP contribution in [0.25, 0.3) is 0 Å². The van der Waals surface area contributed by atoms with Crippen molar-refractivity contribution in [3.8, 4) is 0 Å². The smallest absolute Gasteiger partial charge is 0.335 e. The van der Waals surface area contributed by atoms with E-state index in [0.717, 1.165) is 5.56 Å². The summed E-state index contributed by atoms with van der Waals surface area (Å²) in [6.07, 6.45) is 0. The number of aromatic carboxylic acids is 1. The van der Waals surface area contributed by atoms with Gasteiger partial charge in [-0.15, -0.1) is 0 Å². The molecule has 0 heterocycles. The van der Waals surface area contributed by atoms with Gasteiger partial charge in [-0.3, -0.25) is 9.69 Å². The van der Waals surface area contributed by atoms with Crippen LogP contribution in [0.3, 0.4) is 0 Å². The molecule has 1 N–H and O–H groups in total. The molecule has 0 radical (unpaired) electrons. The SMILES string of the molecule is CCOC(=O)CN(Cc1cccc(C(=O)O)c1)C(C)C. The van der Waals surface area contributed by atoms with Gasteiger partial charge in [-0.05, 0) is 38.5 Å². The van der Waals surface area contributed by atoms with Gasteiger partial charge in [0.25, 0.3) is 0 Å². The van der Waals surface area contributed by atoms with Crippen molar-refractivity contribution in [2.24, 2.45) is 0 Å². The molecule has 0 atom stereocenters. The Balaban J connectivity index is 2.77. The molecule has 0 fully saturated rings. The molecule has 5 nitrogen and oxygen atoms in total. The number of nitrogens with zero attached hydrogens (tertiary/aromatic N) is 1. The van der Waals surface area contributed by atoms with E-state index >= 15 is 0 Å². The molecular formula is C15H21NO4. The summed E-state index contributed by atoms with van der Waals surface area (Å²) in [5, 5.41) is 8.98. The van der Waals surface area contributed by atoms with Gasteiger partial charge in [-0.1, -0.05) is 12.1 Å². The van der Waals surface area contributed by atoms with Crippen molar-refractivity contribution in [2.75, 3.05) is 13.2 Å². The monoisotopic (exact) mass is 279 g/mol. The lowest BCUT2D eigenvalue weighted by atomic mass is 10.1. The lowest BCUT2D eigenvalue weighted by molar-refractivity contribution is -0.145. The Bertz CT molecular complexity index is 471. The van der Waals surface area contributed by atoms with Crippen molar-refractivity contribution in [2.45, 2.75) is 33.4 Å². The highest BCUT2D eigenvalue weighted by atomic mass is 16.5. The first-order valence-electron chi connectivity index (χ1n) is 6.66. The summed E-state index contributed by atoms with van der Waals surface area (Å²) in [6, 6.07) is 6.90. The van der Waals surface area contributed by atoms with Gasteiger partial charge in [0.2, 0.25) is 0 Å². The third-order valence-corrected chi connectivity index (χ3v) is 2.93. The van der Waals surface area contributed by atoms with Gasteiger partial charge in [-0.2, -0.15) is 0 Å². The Morgan fingerprint density at radius 1 is 1.35 bits per heavy atom. The quantitative estimate of drug-likeness (QED) is 0.775. The highest BCUT2D eigenvalue weighted by Crippen LogP contribution is 2.11. The largest absolute Gasteiger partial charge is 0.478 e. The number of ether oxygens (including phenoxy) is 1. The van der Waals surface area contributed by atoms with Gasteiger partial charge in [-0.25, -0.2) is 4.79 Å². The van der Waals surface area contributed by atoms with Crippen LogP contribution >= 0.6 is 0 Å². The topological polar surface area (TPSA) is 66.8 Å². The number of carboxylic acids is 1. The minimum Gasteiger partial charge on any atom is -0.478 e. The van der Waals surface area contributed by atoms with Gasteiger partial charge in [0.1, 0.15) is 0 Å². The second-order valence-corrected chi connectivity index (χ2v) is 4.81. The van der Waals surface area contributed by atoms with E-state index in [1.165, 1.54) is 0 Å². The number of esters is 1. The minimum atomic E-state index is -0.951. The average molecular weight is 279 g/mol. The second-order valence-electron chi connectivity index (χ2n) is 4.81. The average Bonchev–Trinajstić information content (AvgIpc) is 2.38. The van der Waals surface area contributed by atoms with Gasteiger partial charge in [0.05, 0.1) is 18.7 Å². The van der Waals surface area contributed by atoms with Crippen LogP contribution in [-0.4, -0.2) is 41.1 Å². The maximum Gasteiger partial charge on any atom is 0.335 e.